The number of likely N-dealkylation sites (N-methyl/N-ethyl adjacent to an activating group) is 4. The number of amides is 8. The van der Waals surface area contributed by atoms with Gasteiger partial charge in [0.05, 0.1) is 6.54 Å². The minimum absolute atomic E-state index is 0.0331. The highest BCUT2D eigenvalue weighted by Gasteiger charge is 2.45. The van der Waals surface area contributed by atoms with E-state index in [-0.39, 0.29) is 37.1 Å². The molecule has 18 nitrogen and oxygen atoms in total. The van der Waals surface area contributed by atoms with Gasteiger partial charge in [-0.2, -0.15) is 0 Å². The molecule has 0 aromatic heterocycles. The summed E-state index contributed by atoms with van der Waals surface area (Å²) < 4.78 is 6.17. The first-order valence-electron chi connectivity index (χ1n) is 28.3. The van der Waals surface area contributed by atoms with E-state index in [1.807, 2.05) is 41.5 Å². The fourth-order valence-electron chi connectivity index (χ4n) is 11.1. The number of hydrogen-bond acceptors (Lipinski definition) is 10. The largest absolute Gasteiger partial charge is 0.450 e. The summed E-state index contributed by atoms with van der Waals surface area (Å²) >= 11 is 0. The van der Waals surface area contributed by atoms with Gasteiger partial charge in [-0.05, 0) is 92.3 Å². The number of fused-ring (bicyclic) bond motifs is 1. The van der Waals surface area contributed by atoms with E-state index < -0.39 is 132 Å². The second-order valence-electron chi connectivity index (χ2n) is 24.2. The predicted molar refractivity (Wildman–Crippen MR) is 292 cm³/mol. The molecule has 430 valence electrons. The van der Waals surface area contributed by atoms with Crippen LogP contribution >= 0.6 is 0 Å². The van der Waals surface area contributed by atoms with E-state index in [9.17, 15) is 43.2 Å². The zero-order valence-electron chi connectivity index (χ0n) is 49.9. The number of ether oxygens (including phenoxy) is 1. The topological polar surface area (TPSA) is 215 Å². The molecule has 18 heteroatoms. The van der Waals surface area contributed by atoms with Gasteiger partial charge in [0.25, 0.3) is 5.91 Å². The van der Waals surface area contributed by atoms with Crippen LogP contribution in [0.3, 0.4) is 0 Å². The molecule has 0 spiro atoms. The fourth-order valence-corrected chi connectivity index (χ4v) is 11.1. The highest BCUT2D eigenvalue weighted by atomic mass is 16.6. The SMILES string of the molecule is CCC(C)C1NC(=O)C2CCCN2C(=O)CN(C)C(=O)C(C[C@H](C)C[C@H](C)C[C@H](C)CC)NC(=O)C(C(C)C)N(C)C(=O)C(C(C)CC)OC(=O)C(C(C)C)N(C)C(=O)C(CC(C)C)NC(=O)C(C(C)C)N(C)C1=O. The molecule has 2 fully saturated rings. The van der Waals surface area contributed by atoms with E-state index in [1.54, 1.807) is 48.5 Å². The van der Waals surface area contributed by atoms with Gasteiger partial charge in [-0.3, -0.25) is 38.4 Å². The first kappa shape index (κ1) is 66.3. The molecule has 8 amide bonds. The average molecular weight is 1060 g/mol. The summed E-state index contributed by atoms with van der Waals surface area (Å²) in [6.07, 6.45) is 3.63. The fraction of sp³-hybridized carbons (Fsp3) is 0.842. The number of esters is 1. The van der Waals surface area contributed by atoms with Gasteiger partial charge >= 0.3 is 5.97 Å². The lowest BCUT2D eigenvalue weighted by Gasteiger charge is -2.38. The predicted octanol–water partition coefficient (Wildman–Crippen LogP) is 5.89. The highest BCUT2D eigenvalue weighted by Crippen LogP contribution is 2.27. The Balaban J connectivity index is 2.90. The average Bonchev–Trinajstić information content (AvgIpc) is 3.83. The number of carbonyl (C=O) groups is 9. The number of rotatable bonds is 16. The summed E-state index contributed by atoms with van der Waals surface area (Å²) in [5.74, 6) is -6.94. The maximum Gasteiger partial charge on any atom is 0.329 e. The van der Waals surface area contributed by atoms with Crippen molar-refractivity contribution < 1.29 is 47.9 Å². The Hall–Kier alpha value is -4.77. The molecule has 2 heterocycles. The summed E-state index contributed by atoms with van der Waals surface area (Å²) in [5, 5.41) is 8.87. The summed E-state index contributed by atoms with van der Waals surface area (Å²) in [6.45, 7) is 30.2. The maximum absolute atomic E-state index is 14.8. The van der Waals surface area contributed by atoms with Crippen molar-refractivity contribution in [1.82, 2.24) is 40.4 Å². The molecule has 0 saturated carbocycles. The van der Waals surface area contributed by atoms with Gasteiger partial charge < -0.3 is 45.2 Å². The molecule has 0 aromatic carbocycles. The van der Waals surface area contributed by atoms with E-state index in [4.69, 9.17) is 4.74 Å². The second-order valence-corrected chi connectivity index (χ2v) is 24.2. The maximum atomic E-state index is 14.8. The van der Waals surface area contributed by atoms with Crippen LogP contribution in [-0.2, 0) is 47.9 Å². The molecule has 2 saturated heterocycles. The van der Waals surface area contributed by atoms with Gasteiger partial charge in [0.15, 0.2) is 6.10 Å². The Bertz CT molecular complexity index is 1940. The molecule has 2 aliphatic rings. The van der Waals surface area contributed by atoms with Crippen molar-refractivity contribution in [2.24, 2.45) is 53.3 Å². The van der Waals surface area contributed by atoms with Crippen LogP contribution in [0, 0.1) is 53.3 Å². The van der Waals surface area contributed by atoms with Gasteiger partial charge in [0, 0.05) is 40.7 Å². The zero-order valence-corrected chi connectivity index (χ0v) is 49.9. The minimum atomic E-state index is -1.36. The summed E-state index contributed by atoms with van der Waals surface area (Å²) in [7, 11) is 5.94. The summed E-state index contributed by atoms with van der Waals surface area (Å²) in [4.78, 5) is 138. The van der Waals surface area contributed by atoms with Crippen LogP contribution < -0.4 is 16.0 Å². The van der Waals surface area contributed by atoms with E-state index >= 15 is 0 Å². The standard InChI is InChI=1S/C57H102N8O10/c1-21-36(12)28-37(13)29-38(14)30-42-53(70)61(17)31-44(66)65-26-24-25-43(65)50(67)60-45(39(15)22-2)55(72)62(18)46(33(6)7)51(68)58-41(27-32(4)5)54(71)64(20)48(35(10)11)57(74)75-49(40(16)23-3)56(73)63(19)47(34(8)9)52(69)59-42/h32-43,45-49H,21-31H2,1-20H3,(H,58,68)(H,59,69)(H,60,67)/t36-,37-,38-,39?,40?,41?,42?,43?,45?,46?,47?,48?,49?/m1/s1. The zero-order chi connectivity index (χ0) is 57.5. The molecule has 3 N–H and O–H groups in total. The quantitative estimate of drug-likeness (QED) is 0.156. The molecule has 10 unspecified atom stereocenters. The Kier molecular flexibility index (Phi) is 26.8. The molecule has 2 rings (SSSR count). The molecule has 2 aliphatic heterocycles. The van der Waals surface area contributed by atoms with Gasteiger partial charge in [-0.15, -0.1) is 0 Å². The molecule has 0 aliphatic carbocycles. The van der Waals surface area contributed by atoms with Crippen LogP contribution in [0.1, 0.15) is 169 Å². The van der Waals surface area contributed by atoms with Crippen molar-refractivity contribution in [1.29, 1.82) is 0 Å². The first-order chi connectivity index (χ1) is 34.9. The third-order valence-electron chi connectivity index (χ3n) is 15.9. The molecule has 0 aromatic rings. The Morgan fingerprint density at radius 2 is 1.00 bits per heavy atom. The third kappa shape index (κ3) is 18.2. The number of carbonyl (C=O) groups excluding carboxylic acids is 9. The van der Waals surface area contributed by atoms with Gasteiger partial charge in [0.2, 0.25) is 41.4 Å². The van der Waals surface area contributed by atoms with Crippen molar-refractivity contribution in [3.8, 4) is 0 Å². The minimum Gasteiger partial charge on any atom is -0.450 e. The molecular formula is C57H102N8O10. The molecule has 75 heavy (non-hydrogen) atoms. The highest BCUT2D eigenvalue weighted by molar-refractivity contribution is 5.98. The third-order valence-corrected chi connectivity index (χ3v) is 15.9. The Morgan fingerprint density at radius 1 is 0.520 bits per heavy atom. The van der Waals surface area contributed by atoms with Gasteiger partial charge in [0.1, 0.15) is 42.3 Å². The molecule has 0 bridgehead atoms. The van der Waals surface area contributed by atoms with Crippen LogP contribution in [0.25, 0.3) is 0 Å². The van der Waals surface area contributed by atoms with Crippen molar-refractivity contribution in [2.75, 3.05) is 41.3 Å². The van der Waals surface area contributed by atoms with Gasteiger partial charge in [-0.1, -0.05) is 124 Å². The van der Waals surface area contributed by atoms with E-state index in [0.29, 0.717) is 37.5 Å². The smallest absolute Gasteiger partial charge is 0.329 e. The lowest BCUT2D eigenvalue weighted by Crippen LogP contribution is -2.61. The lowest BCUT2D eigenvalue weighted by molar-refractivity contribution is -0.172. The van der Waals surface area contributed by atoms with Gasteiger partial charge in [-0.25, -0.2) is 4.79 Å². The van der Waals surface area contributed by atoms with Crippen LogP contribution in [0.4, 0.5) is 0 Å². The monoisotopic (exact) mass is 1060 g/mol. The molecule has 13 atom stereocenters. The summed E-state index contributed by atoms with van der Waals surface area (Å²) in [5.41, 5.74) is 0. The van der Waals surface area contributed by atoms with Crippen LogP contribution in [0.5, 0.6) is 0 Å². The Labute approximate surface area is 451 Å². The van der Waals surface area contributed by atoms with E-state index in [2.05, 4.69) is 36.7 Å². The molecule has 0 radical (unpaired) electrons. The number of hydrogen-bond donors (Lipinski definition) is 3. The summed E-state index contributed by atoms with van der Waals surface area (Å²) in [6, 6.07) is -7.66. The van der Waals surface area contributed by atoms with Crippen LogP contribution in [-0.4, -0.2) is 167 Å². The normalized spacial score (nSPS) is 27.6. The van der Waals surface area contributed by atoms with Crippen molar-refractivity contribution in [3.63, 3.8) is 0 Å². The number of nitrogens with zero attached hydrogens (tertiary/aromatic N) is 5. The van der Waals surface area contributed by atoms with Crippen LogP contribution in [0.15, 0.2) is 0 Å². The van der Waals surface area contributed by atoms with E-state index in [1.165, 1.54) is 52.7 Å². The van der Waals surface area contributed by atoms with Crippen LogP contribution in [0.2, 0.25) is 0 Å². The lowest BCUT2D eigenvalue weighted by atomic mass is 9.86. The Morgan fingerprint density at radius 3 is 1.48 bits per heavy atom. The van der Waals surface area contributed by atoms with Crippen molar-refractivity contribution >= 4 is 53.2 Å². The number of nitrogens with one attached hydrogen (secondary N) is 3. The van der Waals surface area contributed by atoms with Crippen molar-refractivity contribution in [3.05, 3.63) is 0 Å². The second kappa shape index (κ2) is 30.2. The number of cyclic esters (lactones) is 1. The van der Waals surface area contributed by atoms with Crippen molar-refractivity contribution in [2.45, 2.75) is 217 Å². The molecular weight excluding hydrogens is 957 g/mol. The van der Waals surface area contributed by atoms with E-state index in [0.717, 1.165) is 19.3 Å². The first-order valence-corrected chi connectivity index (χ1v) is 28.3.